The van der Waals surface area contributed by atoms with Gasteiger partial charge in [-0.15, -0.1) is 0 Å². The molecule has 0 aliphatic heterocycles. The van der Waals surface area contributed by atoms with Gasteiger partial charge in [0, 0.05) is 12.4 Å². The van der Waals surface area contributed by atoms with Crippen LogP contribution in [0.4, 0.5) is 4.39 Å². The molecule has 84 valence electrons. The highest BCUT2D eigenvalue weighted by Gasteiger charge is 2.13. The van der Waals surface area contributed by atoms with E-state index >= 15 is 0 Å². The van der Waals surface area contributed by atoms with Crippen molar-refractivity contribution < 1.29 is 13.9 Å². The summed E-state index contributed by atoms with van der Waals surface area (Å²) in [6, 6.07) is 4.39. The number of nitrogens with one attached hydrogen (secondary N) is 2. The number of carbonyl (C=O) groups excluding carboxylic acids is 1. The lowest BCUT2D eigenvalue weighted by atomic mass is 10.2. The quantitative estimate of drug-likeness (QED) is 0.812. The number of amides is 1. The van der Waals surface area contributed by atoms with Gasteiger partial charge in [-0.2, -0.15) is 0 Å². The number of H-pyrrole nitrogens is 1. The summed E-state index contributed by atoms with van der Waals surface area (Å²) in [6.45, 7) is 0. The summed E-state index contributed by atoms with van der Waals surface area (Å²) in [7, 11) is 3.01. The number of halogens is 1. The lowest BCUT2D eigenvalue weighted by Gasteiger charge is -2.00. The first-order chi connectivity index (χ1) is 7.67. The molecule has 2 rings (SSSR count). The van der Waals surface area contributed by atoms with Crippen LogP contribution in [0.5, 0.6) is 5.75 Å². The molecule has 0 fully saturated rings. The van der Waals surface area contributed by atoms with Crippen LogP contribution in [-0.4, -0.2) is 25.0 Å². The molecule has 0 atom stereocenters. The number of rotatable bonds is 2. The second-order valence-corrected chi connectivity index (χ2v) is 3.30. The standard InChI is InChI=1S/C11H11FN2O2/c1-13-11(15)8-5-6-9(16-2)4-3-7(12)10(6)14-8/h3-5,14H,1-2H3,(H,13,15). The zero-order chi connectivity index (χ0) is 11.7. The number of hydrogen-bond acceptors (Lipinski definition) is 2. The molecule has 16 heavy (non-hydrogen) atoms. The first-order valence-corrected chi connectivity index (χ1v) is 4.74. The third kappa shape index (κ3) is 1.50. The van der Waals surface area contributed by atoms with Crippen LogP contribution in [0.15, 0.2) is 18.2 Å². The van der Waals surface area contributed by atoms with Gasteiger partial charge < -0.3 is 15.0 Å². The smallest absolute Gasteiger partial charge is 0.267 e. The van der Waals surface area contributed by atoms with Gasteiger partial charge in [0.2, 0.25) is 0 Å². The Morgan fingerprint density at radius 2 is 2.25 bits per heavy atom. The number of aromatic amines is 1. The van der Waals surface area contributed by atoms with Crippen molar-refractivity contribution >= 4 is 16.8 Å². The molecular formula is C11H11FN2O2. The van der Waals surface area contributed by atoms with Gasteiger partial charge in [0.05, 0.1) is 12.6 Å². The number of hydrogen-bond donors (Lipinski definition) is 2. The minimum Gasteiger partial charge on any atom is -0.496 e. The largest absolute Gasteiger partial charge is 0.496 e. The Hall–Kier alpha value is -2.04. The first kappa shape index (κ1) is 10.5. The maximum absolute atomic E-state index is 13.5. The first-order valence-electron chi connectivity index (χ1n) is 4.74. The summed E-state index contributed by atoms with van der Waals surface area (Å²) >= 11 is 0. The summed E-state index contributed by atoms with van der Waals surface area (Å²) < 4.78 is 18.6. The molecular weight excluding hydrogens is 211 g/mol. The zero-order valence-corrected chi connectivity index (χ0v) is 8.93. The van der Waals surface area contributed by atoms with Crippen molar-refractivity contribution in [2.24, 2.45) is 0 Å². The van der Waals surface area contributed by atoms with E-state index in [1.807, 2.05) is 0 Å². The van der Waals surface area contributed by atoms with E-state index in [1.54, 1.807) is 6.07 Å². The Morgan fingerprint density at radius 3 is 2.88 bits per heavy atom. The molecule has 0 spiro atoms. The van der Waals surface area contributed by atoms with Crippen molar-refractivity contribution in [3.8, 4) is 5.75 Å². The Labute approximate surface area is 91.4 Å². The zero-order valence-electron chi connectivity index (χ0n) is 8.93. The number of methoxy groups -OCH3 is 1. The van der Waals surface area contributed by atoms with Crippen LogP contribution < -0.4 is 10.1 Å². The molecule has 0 aliphatic carbocycles. The summed E-state index contributed by atoms with van der Waals surface area (Å²) in [5, 5.41) is 3.02. The van der Waals surface area contributed by atoms with Gasteiger partial charge in [-0.25, -0.2) is 4.39 Å². The highest BCUT2D eigenvalue weighted by Crippen LogP contribution is 2.28. The Kier molecular flexibility index (Phi) is 2.52. The second kappa shape index (κ2) is 3.84. The van der Waals surface area contributed by atoms with Gasteiger partial charge in [-0.1, -0.05) is 0 Å². The maximum Gasteiger partial charge on any atom is 0.267 e. The number of carbonyl (C=O) groups is 1. The van der Waals surface area contributed by atoms with E-state index in [4.69, 9.17) is 4.74 Å². The monoisotopic (exact) mass is 222 g/mol. The Bertz CT molecular complexity index is 548. The molecule has 1 aromatic carbocycles. The van der Waals surface area contributed by atoms with Crippen LogP contribution in [0, 0.1) is 5.82 Å². The lowest BCUT2D eigenvalue weighted by Crippen LogP contribution is -2.17. The number of benzene rings is 1. The fourth-order valence-electron chi connectivity index (χ4n) is 1.59. The van der Waals surface area contributed by atoms with E-state index in [2.05, 4.69) is 10.3 Å². The summed E-state index contributed by atoms with van der Waals surface area (Å²) in [5.41, 5.74) is 0.582. The molecule has 0 saturated carbocycles. The molecule has 0 saturated heterocycles. The molecule has 1 amide bonds. The molecule has 0 aliphatic rings. The minimum atomic E-state index is -0.411. The maximum atomic E-state index is 13.5. The van der Waals surface area contributed by atoms with Crippen molar-refractivity contribution in [3.63, 3.8) is 0 Å². The molecule has 2 aromatic rings. The van der Waals surface area contributed by atoms with Crippen LogP contribution in [0.2, 0.25) is 0 Å². The van der Waals surface area contributed by atoms with E-state index < -0.39 is 5.82 Å². The summed E-state index contributed by atoms with van der Waals surface area (Å²) in [5.74, 6) is -0.175. The average Bonchev–Trinajstić information content (AvgIpc) is 2.74. The predicted molar refractivity (Wildman–Crippen MR) is 58.2 cm³/mol. The van der Waals surface area contributed by atoms with Crippen LogP contribution in [0.1, 0.15) is 10.5 Å². The van der Waals surface area contributed by atoms with Crippen molar-refractivity contribution in [1.82, 2.24) is 10.3 Å². The van der Waals surface area contributed by atoms with Gasteiger partial charge in [-0.05, 0) is 18.2 Å². The van der Waals surface area contributed by atoms with Crippen molar-refractivity contribution in [2.75, 3.05) is 14.2 Å². The molecule has 4 nitrogen and oxygen atoms in total. The summed E-state index contributed by atoms with van der Waals surface area (Å²) in [4.78, 5) is 14.1. The van der Waals surface area contributed by atoms with Crippen molar-refractivity contribution in [1.29, 1.82) is 0 Å². The van der Waals surface area contributed by atoms with Gasteiger partial charge in [0.15, 0.2) is 0 Å². The van der Waals surface area contributed by atoms with Crippen LogP contribution in [0.3, 0.4) is 0 Å². The molecule has 1 heterocycles. The van der Waals surface area contributed by atoms with Gasteiger partial charge in [0.25, 0.3) is 5.91 Å². The van der Waals surface area contributed by atoms with E-state index in [1.165, 1.54) is 26.3 Å². The highest BCUT2D eigenvalue weighted by molar-refractivity contribution is 5.99. The molecule has 5 heteroatoms. The molecule has 2 N–H and O–H groups in total. The number of aromatic nitrogens is 1. The minimum absolute atomic E-state index is 0.276. The van der Waals surface area contributed by atoms with Crippen LogP contribution in [0.25, 0.3) is 10.9 Å². The molecule has 0 unspecified atom stereocenters. The van der Waals surface area contributed by atoms with Crippen LogP contribution >= 0.6 is 0 Å². The number of fused-ring (bicyclic) bond motifs is 1. The SMILES string of the molecule is CNC(=O)c1cc2c(OC)ccc(F)c2[nH]1. The topological polar surface area (TPSA) is 54.1 Å². The molecule has 0 bridgehead atoms. The van der Waals surface area contributed by atoms with E-state index in [-0.39, 0.29) is 11.4 Å². The normalized spacial score (nSPS) is 10.4. The van der Waals surface area contributed by atoms with Gasteiger partial charge >= 0.3 is 0 Å². The number of ether oxygens (including phenoxy) is 1. The van der Waals surface area contributed by atoms with E-state index in [9.17, 15) is 9.18 Å². The van der Waals surface area contributed by atoms with E-state index in [0.29, 0.717) is 16.8 Å². The van der Waals surface area contributed by atoms with Gasteiger partial charge in [0.1, 0.15) is 17.3 Å². The van der Waals surface area contributed by atoms with Crippen molar-refractivity contribution in [2.45, 2.75) is 0 Å². The predicted octanol–water partition coefficient (Wildman–Crippen LogP) is 1.68. The fourth-order valence-corrected chi connectivity index (χ4v) is 1.59. The molecule has 1 aromatic heterocycles. The fraction of sp³-hybridized carbons (Fsp3) is 0.182. The van der Waals surface area contributed by atoms with Crippen molar-refractivity contribution in [3.05, 3.63) is 29.7 Å². The Morgan fingerprint density at radius 1 is 1.50 bits per heavy atom. The molecule has 0 radical (unpaired) electrons. The van der Waals surface area contributed by atoms with Gasteiger partial charge in [-0.3, -0.25) is 4.79 Å². The summed E-state index contributed by atoms with van der Waals surface area (Å²) in [6.07, 6.45) is 0. The Balaban J connectivity index is 2.68. The third-order valence-electron chi connectivity index (χ3n) is 2.39. The van der Waals surface area contributed by atoms with E-state index in [0.717, 1.165) is 0 Å². The van der Waals surface area contributed by atoms with Crippen LogP contribution in [-0.2, 0) is 0 Å². The second-order valence-electron chi connectivity index (χ2n) is 3.30. The average molecular weight is 222 g/mol. The highest BCUT2D eigenvalue weighted by atomic mass is 19.1. The third-order valence-corrected chi connectivity index (χ3v) is 2.39. The lowest BCUT2D eigenvalue weighted by molar-refractivity contribution is 0.0959.